The lowest BCUT2D eigenvalue weighted by atomic mass is 10.1. The SMILES string of the molecule is COC(=O)c1cccc(C(=O)OCC(=O)NCc2ccccc2Br)c1. The number of benzene rings is 2. The van der Waals surface area contributed by atoms with Crippen molar-refractivity contribution >= 4 is 33.8 Å². The Labute approximate surface area is 153 Å². The van der Waals surface area contributed by atoms with Crippen molar-refractivity contribution in [3.63, 3.8) is 0 Å². The van der Waals surface area contributed by atoms with Gasteiger partial charge in [-0.25, -0.2) is 9.59 Å². The number of amides is 1. The number of hydrogen-bond donors (Lipinski definition) is 1. The average molecular weight is 406 g/mol. The van der Waals surface area contributed by atoms with Crippen LogP contribution < -0.4 is 5.32 Å². The largest absolute Gasteiger partial charge is 0.465 e. The second-order valence-electron chi connectivity index (χ2n) is 5.02. The molecule has 2 aromatic rings. The number of rotatable bonds is 6. The number of carbonyl (C=O) groups is 3. The van der Waals surface area contributed by atoms with Gasteiger partial charge in [-0.15, -0.1) is 0 Å². The zero-order valence-corrected chi connectivity index (χ0v) is 15.0. The maximum Gasteiger partial charge on any atom is 0.338 e. The van der Waals surface area contributed by atoms with Crippen molar-refractivity contribution in [1.82, 2.24) is 5.32 Å². The predicted molar refractivity (Wildman–Crippen MR) is 94.1 cm³/mol. The Morgan fingerprint density at radius 3 is 2.36 bits per heavy atom. The molecule has 0 heterocycles. The molecule has 0 unspecified atom stereocenters. The van der Waals surface area contributed by atoms with Gasteiger partial charge in [0.05, 0.1) is 18.2 Å². The monoisotopic (exact) mass is 405 g/mol. The molecule has 0 atom stereocenters. The average Bonchev–Trinajstić information content (AvgIpc) is 2.64. The van der Waals surface area contributed by atoms with Crippen molar-refractivity contribution in [3.05, 3.63) is 69.7 Å². The molecule has 0 radical (unpaired) electrons. The summed E-state index contributed by atoms with van der Waals surface area (Å²) in [5, 5.41) is 2.67. The Hall–Kier alpha value is -2.67. The van der Waals surface area contributed by atoms with E-state index in [2.05, 4.69) is 26.0 Å². The number of ether oxygens (including phenoxy) is 2. The molecule has 2 aromatic carbocycles. The van der Waals surface area contributed by atoms with Crippen molar-refractivity contribution in [1.29, 1.82) is 0 Å². The summed E-state index contributed by atoms with van der Waals surface area (Å²) in [5.41, 5.74) is 1.31. The Bertz CT molecular complexity index is 791. The molecule has 2 rings (SSSR count). The lowest BCUT2D eigenvalue weighted by molar-refractivity contribution is -0.124. The molecule has 130 valence electrons. The van der Waals surface area contributed by atoms with E-state index in [9.17, 15) is 14.4 Å². The van der Waals surface area contributed by atoms with Gasteiger partial charge in [0, 0.05) is 11.0 Å². The predicted octanol–water partition coefficient (Wildman–Crippen LogP) is 2.71. The van der Waals surface area contributed by atoms with E-state index < -0.39 is 24.5 Å². The van der Waals surface area contributed by atoms with Crippen molar-refractivity contribution in [3.8, 4) is 0 Å². The van der Waals surface area contributed by atoms with Gasteiger partial charge in [0.2, 0.25) is 0 Å². The fraction of sp³-hybridized carbons (Fsp3) is 0.167. The van der Waals surface area contributed by atoms with Gasteiger partial charge in [0.15, 0.2) is 6.61 Å². The van der Waals surface area contributed by atoms with E-state index in [1.54, 1.807) is 0 Å². The number of carbonyl (C=O) groups excluding carboxylic acids is 3. The molecule has 25 heavy (non-hydrogen) atoms. The van der Waals surface area contributed by atoms with E-state index in [1.165, 1.54) is 31.4 Å². The van der Waals surface area contributed by atoms with Gasteiger partial charge in [-0.05, 0) is 29.8 Å². The first-order valence-corrected chi connectivity index (χ1v) is 8.16. The van der Waals surface area contributed by atoms with Crippen LogP contribution in [0.3, 0.4) is 0 Å². The van der Waals surface area contributed by atoms with Crippen LogP contribution >= 0.6 is 15.9 Å². The Balaban J connectivity index is 1.86. The van der Waals surface area contributed by atoms with E-state index in [1.807, 2.05) is 24.3 Å². The van der Waals surface area contributed by atoms with Crippen LogP contribution in [0.1, 0.15) is 26.3 Å². The van der Waals surface area contributed by atoms with E-state index in [4.69, 9.17) is 4.74 Å². The van der Waals surface area contributed by atoms with Crippen LogP contribution in [0.25, 0.3) is 0 Å². The number of esters is 2. The standard InChI is InChI=1S/C18H16BrNO5/c1-24-17(22)12-6-4-7-13(9-12)18(23)25-11-16(21)20-10-14-5-2-3-8-15(14)19/h2-9H,10-11H2,1H3,(H,20,21). The first-order valence-electron chi connectivity index (χ1n) is 7.37. The van der Waals surface area contributed by atoms with Crippen LogP contribution in [0.15, 0.2) is 53.0 Å². The highest BCUT2D eigenvalue weighted by Crippen LogP contribution is 2.15. The highest BCUT2D eigenvalue weighted by atomic mass is 79.9. The molecule has 0 spiro atoms. The fourth-order valence-corrected chi connectivity index (χ4v) is 2.42. The third-order valence-corrected chi connectivity index (χ3v) is 4.06. The molecule has 1 amide bonds. The summed E-state index contributed by atoms with van der Waals surface area (Å²) in [4.78, 5) is 35.2. The van der Waals surface area contributed by atoms with Gasteiger partial charge < -0.3 is 14.8 Å². The van der Waals surface area contributed by atoms with Gasteiger partial charge in [-0.2, -0.15) is 0 Å². The van der Waals surface area contributed by atoms with Crippen LogP contribution in [0.4, 0.5) is 0 Å². The minimum atomic E-state index is -0.693. The maximum absolute atomic E-state index is 12.0. The lowest BCUT2D eigenvalue weighted by Gasteiger charge is -2.08. The smallest absolute Gasteiger partial charge is 0.338 e. The Morgan fingerprint density at radius 1 is 1.00 bits per heavy atom. The van der Waals surface area contributed by atoms with Crippen LogP contribution in [0, 0.1) is 0 Å². The number of halogens is 1. The van der Waals surface area contributed by atoms with Crippen molar-refractivity contribution in [2.75, 3.05) is 13.7 Å². The van der Waals surface area contributed by atoms with Crippen LogP contribution in [-0.4, -0.2) is 31.6 Å². The second-order valence-corrected chi connectivity index (χ2v) is 5.87. The summed E-state index contributed by atoms with van der Waals surface area (Å²) >= 11 is 3.39. The van der Waals surface area contributed by atoms with Gasteiger partial charge in [0.25, 0.3) is 5.91 Å². The zero-order valence-electron chi connectivity index (χ0n) is 13.5. The van der Waals surface area contributed by atoms with Crippen molar-refractivity contribution in [2.24, 2.45) is 0 Å². The molecule has 0 bridgehead atoms. The Morgan fingerprint density at radius 2 is 1.68 bits per heavy atom. The molecule has 0 aliphatic heterocycles. The van der Waals surface area contributed by atoms with E-state index >= 15 is 0 Å². The molecule has 0 aliphatic carbocycles. The molecule has 1 N–H and O–H groups in total. The first-order chi connectivity index (χ1) is 12.0. The summed E-state index contributed by atoms with van der Waals surface area (Å²) in [6, 6.07) is 13.4. The topological polar surface area (TPSA) is 81.7 Å². The molecular formula is C18H16BrNO5. The summed E-state index contributed by atoms with van der Waals surface area (Å²) in [6.07, 6.45) is 0. The molecule has 6 nitrogen and oxygen atoms in total. The van der Waals surface area contributed by atoms with E-state index in [-0.39, 0.29) is 11.1 Å². The lowest BCUT2D eigenvalue weighted by Crippen LogP contribution is -2.28. The number of hydrogen-bond acceptors (Lipinski definition) is 5. The minimum absolute atomic E-state index is 0.168. The highest BCUT2D eigenvalue weighted by Gasteiger charge is 2.13. The molecule has 0 saturated heterocycles. The molecule has 7 heteroatoms. The molecular weight excluding hydrogens is 390 g/mol. The number of nitrogens with one attached hydrogen (secondary N) is 1. The number of methoxy groups -OCH3 is 1. The van der Waals surface area contributed by atoms with Gasteiger partial charge in [-0.1, -0.05) is 40.2 Å². The van der Waals surface area contributed by atoms with Crippen LogP contribution in [-0.2, 0) is 20.8 Å². The molecule has 0 aliphatic rings. The van der Waals surface area contributed by atoms with Gasteiger partial charge >= 0.3 is 11.9 Å². The summed E-state index contributed by atoms with van der Waals surface area (Å²) in [7, 11) is 1.25. The van der Waals surface area contributed by atoms with Crippen molar-refractivity contribution in [2.45, 2.75) is 6.54 Å². The quantitative estimate of drug-likeness (QED) is 0.747. The minimum Gasteiger partial charge on any atom is -0.465 e. The molecule has 0 fully saturated rings. The Kier molecular flexibility index (Phi) is 6.71. The molecule has 0 saturated carbocycles. The maximum atomic E-state index is 12.0. The second kappa shape index (κ2) is 8.98. The van der Waals surface area contributed by atoms with Crippen LogP contribution in [0.5, 0.6) is 0 Å². The van der Waals surface area contributed by atoms with Gasteiger partial charge in [0.1, 0.15) is 0 Å². The van der Waals surface area contributed by atoms with Crippen LogP contribution in [0.2, 0.25) is 0 Å². The van der Waals surface area contributed by atoms with E-state index in [0.717, 1.165) is 10.0 Å². The third kappa shape index (κ3) is 5.42. The first kappa shape index (κ1) is 18.7. The molecule has 0 aromatic heterocycles. The van der Waals surface area contributed by atoms with Gasteiger partial charge in [-0.3, -0.25) is 4.79 Å². The van der Waals surface area contributed by atoms with Crippen molar-refractivity contribution < 1.29 is 23.9 Å². The third-order valence-electron chi connectivity index (χ3n) is 3.29. The normalized spacial score (nSPS) is 10.0. The summed E-state index contributed by atoms with van der Waals surface area (Å²) in [6.45, 7) is -0.0959. The zero-order chi connectivity index (χ0) is 18.2. The van der Waals surface area contributed by atoms with E-state index in [0.29, 0.717) is 6.54 Å². The fourth-order valence-electron chi connectivity index (χ4n) is 1.99. The summed E-state index contributed by atoms with van der Waals surface area (Å²) in [5.74, 6) is -1.67. The highest BCUT2D eigenvalue weighted by molar-refractivity contribution is 9.10. The summed E-state index contributed by atoms with van der Waals surface area (Å²) < 4.78 is 10.4.